The predicted molar refractivity (Wildman–Crippen MR) is 160 cm³/mol. The first-order valence-electron chi connectivity index (χ1n) is 15.1. The minimum Gasteiger partial charge on any atom is -0.507 e. The van der Waals surface area contributed by atoms with Crippen LogP contribution in [-0.2, 0) is 15.0 Å². The second kappa shape index (κ2) is 15.8. The Morgan fingerprint density at radius 1 is 1.18 bits per heavy atom. The number of nitrogens with zero attached hydrogens (tertiary/aromatic N) is 1. The Morgan fingerprint density at radius 3 is 2.42 bits per heavy atom. The molecule has 1 aromatic carbocycles. The van der Waals surface area contributed by atoms with Crippen LogP contribution in [0.15, 0.2) is 35.9 Å². The van der Waals surface area contributed by atoms with Crippen molar-refractivity contribution in [3.8, 4) is 11.5 Å². The molecule has 7 heteroatoms. The third kappa shape index (κ3) is 9.67. The second-order valence-corrected chi connectivity index (χ2v) is 12.2. The molecular formula is C33H51NO6. The molecule has 0 aliphatic heterocycles. The molecule has 1 N–H and O–H groups in total. The van der Waals surface area contributed by atoms with Gasteiger partial charge >= 0.3 is 5.97 Å². The van der Waals surface area contributed by atoms with Gasteiger partial charge in [-0.1, -0.05) is 83.6 Å². The number of esters is 1. The van der Waals surface area contributed by atoms with Crippen LogP contribution in [0.3, 0.4) is 0 Å². The fraction of sp³-hybridized carbons (Fsp3) is 0.667. The lowest BCUT2D eigenvalue weighted by molar-refractivity contribution is -0.757. The van der Waals surface area contributed by atoms with Gasteiger partial charge in [-0.05, 0) is 81.4 Å². The molecule has 0 bridgehead atoms. The van der Waals surface area contributed by atoms with Gasteiger partial charge in [0.25, 0.3) is 5.09 Å². The molecule has 0 spiro atoms. The zero-order valence-electron chi connectivity index (χ0n) is 25.6. The van der Waals surface area contributed by atoms with E-state index in [0.29, 0.717) is 17.7 Å². The van der Waals surface area contributed by atoms with Crippen molar-refractivity contribution >= 4 is 5.97 Å². The van der Waals surface area contributed by atoms with E-state index in [4.69, 9.17) is 4.74 Å². The number of benzene rings is 1. The quantitative estimate of drug-likeness (QED) is 0.0512. The number of carbonyl (C=O) groups is 1. The molecule has 40 heavy (non-hydrogen) atoms. The number of aromatic hydroxyl groups is 1. The van der Waals surface area contributed by atoms with Crippen LogP contribution in [0.5, 0.6) is 11.5 Å². The second-order valence-electron chi connectivity index (χ2n) is 12.2. The maximum atomic E-state index is 13.4. The predicted octanol–water partition coefficient (Wildman–Crippen LogP) is 8.97. The largest absolute Gasteiger partial charge is 0.507 e. The molecule has 0 fully saturated rings. The summed E-state index contributed by atoms with van der Waals surface area (Å²) in [4.78, 5) is 28.1. The number of carbonyl (C=O) groups excluding carboxylic acids is 1. The normalized spacial score (nSPS) is 17.4. The van der Waals surface area contributed by atoms with Gasteiger partial charge in [-0.15, -0.1) is 10.1 Å². The van der Waals surface area contributed by atoms with Crippen molar-refractivity contribution in [2.75, 3.05) is 6.61 Å². The molecule has 1 aromatic rings. The Morgan fingerprint density at radius 2 is 1.82 bits per heavy atom. The molecule has 1 aliphatic carbocycles. The van der Waals surface area contributed by atoms with Crippen LogP contribution in [0.25, 0.3) is 0 Å². The number of phenols is 1. The fourth-order valence-corrected chi connectivity index (χ4v) is 5.90. The van der Waals surface area contributed by atoms with Crippen LogP contribution < -0.4 is 4.74 Å². The molecule has 0 amide bonds. The van der Waals surface area contributed by atoms with E-state index < -0.39 is 5.09 Å². The monoisotopic (exact) mass is 557 g/mol. The molecule has 0 heterocycles. The smallest absolute Gasteiger partial charge is 0.314 e. The number of hydrogen-bond donors (Lipinski definition) is 1. The van der Waals surface area contributed by atoms with Gasteiger partial charge in [-0.2, -0.15) is 0 Å². The first-order valence-corrected chi connectivity index (χ1v) is 15.1. The van der Waals surface area contributed by atoms with Crippen LogP contribution in [-0.4, -0.2) is 22.8 Å². The Kier molecular flexibility index (Phi) is 13.2. The number of unbranched alkanes of at least 4 members (excludes halogenated alkanes) is 3. The summed E-state index contributed by atoms with van der Waals surface area (Å²) in [7, 11) is 0. The Hall–Kier alpha value is -2.83. The van der Waals surface area contributed by atoms with Gasteiger partial charge in [0.2, 0.25) is 0 Å². The lowest BCUT2D eigenvalue weighted by Crippen LogP contribution is -2.24. The van der Waals surface area contributed by atoms with Crippen LogP contribution in [0.1, 0.15) is 129 Å². The van der Waals surface area contributed by atoms with Crippen molar-refractivity contribution in [1.82, 2.24) is 0 Å². The number of phenolic OH excluding ortho intramolecular Hbond substituents is 1. The van der Waals surface area contributed by atoms with E-state index in [1.807, 2.05) is 19.1 Å². The standard InChI is InChI=1S/C33H51NO6/c1-8-14-25(15-9-2)32(36)40-30-22-26(33(6,7)18-12-10-11-13-19-39-34(37)38)21-29(35)31(30)28-20-24(5)16-17-27(28)23(3)4/h20-22,25,27-28,35H,3,8-19H2,1-2,4-7H3/t27-,28+/m1/s1. The van der Waals surface area contributed by atoms with E-state index in [1.165, 1.54) is 5.57 Å². The third-order valence-corrected chi connectivity index (χ3v) is 8.33. The first-order chi connectivity index (χ1) is 18.9. The molecule has 0 unspecified atom stereocenters. The molecule has 0 radical (unpaired) electrons. The highest BCUT2D eigenvalue weighted by Crippen LogP contribution is 2.48. The van der Waals surface area contributed by atoms with E-state index in [1.54, 1.807) is 0 Å². The number of hydrogen-bond acceptors (Lipinski definition) is 6. The van der Waals surface area contributed by atoms with Gasteiger partial charge in [0, 0.05) is 11.5 Å². The van der Waals surface area contributed by atoms with Gasteiger partial charge in [-0.25, -0.2) is 0 Å². The van der Waals surface area contributed by atoms with E-state index in [9.17, 15) is 20.0 Å². The van der Waals surface area contributed by atoms with Crippen LogP contribution >= 0.6 is 0 Å². The van der Waals surface area contributed by atoms with Gasteiger partial charge in [-0.3, -0.25) is 4.79 Å². The highest BCUT2D eigenvalue weighted by molar-refractivity contribution is 5.76. The molecule has 1 aliphatic rings. The van der Waals surface area contributed by atoms with Crippen molar-refractivity contribution < 1.29 is 24.6 Å². The molecule has 0 saturated carbocycles. The summed E-state index contributed by atoms with van der Waals surface area (Å²) in [6.45, 7) is 17.0. The summed E-state index contributed by atoms with van der Waals surface area (Å²) in [6, 6.07) is 3.82. The van der Waals surface area contributed by atoms with Crippen molar-refractivity contribution in [3.63, 3.8) is 0 Å². The summed E-state index contributed by atoms with van der Waals surface area (Å²) in [5.41, 5.74) is 3.67. The molecule has 0 aromatic heterocycles. The molecule has 7 nitrogen and oxygen atoms in total. The Bertz CT molecular complexity index is 1040. The fourth-order valence-electron chi connectivity index (χ4n) is 5.90. The summed E-state index contributed by atoms with van der Waals surface area (Å²) in [5.74, 6) is 0.288. The van der Waals surface area contributed by atoms with Gasteiger partial charge in [0.1, 0.15) is 11.5 Å². The lowest BCUT2D eigenvalue weighted by Gasteiger charge is -2.33. The Balaban J connectivity index is 2.40. The molecule has 2 atom stereocenters. The summed E-state index contributed by atoms with van der Waals surface area (Å²) >= 11 is 0. The SMILES string of the molecule is C=C(C)[C@H]1CCC(C)=C[C@@H]1c1c(O)cc(C(C)(C)CCCCCCO[N+](=O)[O-])cc1OC(=O)C(CCC)CCC. The number of ether oxygens (including phenoxy) is 1. The van der Waals surface area contributed by atoms with E-state index >= 15 is 0 Å². The minimum atomic E-state index is -0.751. The maximum absolute atomic E-state index is 13.4. The van der Waals surface area contributed by atoms with Crippen LogP contribution in [0.2, 0.25) is 0 Å². The van der Waals surface area contributed by atoms with E-state index in [0.717, 1.165) is 75.3 Å². The highest BCUT2D eigenvalue weighted by atomic mass is 16.9. The zero-order chi connectivity index (χ0) is 29.9. The van der Waals surface area contributed by atoms with Crippen molar-refractivity contribution in [1.29, 1.82) is 0 Å². The minimum absolute atomic E-state index is 0.108. The summed E-state index contributed by atoms with van der Waals surface area (Å²) in [5, 5.41) is 21.1. The van der Waals surface area contributed by atoms with Crippen molar-refractivity contribution in [2.24, 2.45) is 11.8 Å². The first kappa shape index (κ1) is 33.4. The molecular weight excluding hydrogens is 506 g/mol. The van der Waals surface area contributed by atoms with Gasteiger partial charge in [0.15, 0.2) is 0 Å². The topological polar surface area (TPSA) is 98.9 Å². The molecule has 2 rings (SSSR count). The number of rotatable bonds is 17. The average Bonchev–Trinajstić information content (AvgIpc) is 2.87. The highest BCUT2D eigenvalue weighted by Gasteiger charge is 2.33. The van der Waals surface area contributed by atoms with Gasteiger partial charge in [0.05, 0.1) is 12.5 Å². The van der Waals surface area contributed by atoms with Gasteiger partial charge < -0.3 is 14.7 Å². The van der Waals surface area contributed by atoms with E-state index in [-0.39, 0.29) is 41.5 Å². The molecule has 0 saturated heterocycles. The molecule has 224 valence electrons. The number of allylic oxidation sites excluding steroid dienone is 3. The summed E-state index contributed by atoms with van der Waals surface area (Å²) < 4.78 is 6.21. The zero-order valence-corrected chi connectivity index (χ0v) is 25.6. The lowest BCUT2D eigenvalue weighted by atomic mass is 9.72. The van der Waals surface area contributed by atoms with Crippen LogP contribution in [0.4, 0.5) is 0 Å². The summed E-state index contributed by atoms with van der Waals surface area (Å²) in [6.07, 6.45) is 11.7. The van der Waals surface area contributed by atoms with Crippen molar-refractivity contribution in [2.45, 2.75) is 124 Å². The van der Waals surface area contributed by atoms with E-state index in [2.05, 4.69) is 52.1 Å². The average molecular weight is 558 g/mol. The Labute approximate surface area is 241 Å². The third-order valence-electron chi connectivity index (χ3n) is 8.33. The van der Waals surface area contributed by atoms with Crippen molar-refractivity contribution in [3.05, 3.63) is 57.2 Å². The maximum Gasteiger partial charge on any atom is 0.314 e. The van der Waals surface area contributed by atoms with Crippen LogP contribution in [0, 0.1) is 22.0 Å².